The van der Waals surface area contributed by atoms with E-state index in [-0.39, 0.29) is 11.3 Å². The number of carbonyl (C=O) groups excluding carboxylic acids is 1. The van der Waals surface area contributed by atoms with Crippen LogP contribution in [0, 0.1) is 0 Å². The van der Waals surface area contributed by atoms with Crippen molar-refractivity contribution in [1.29, 1.82) is 0 Å². The van der Waals surface area contributed by atoms with Crippen molar-refractivity contribution < 1.29 is 22.7 Å². The van der Waals surface area contributed by atoms with Crippen LogP contribution in [0.3, 0.4) is 0 Å². The summed E-state index contributed by atoms with van der Waals surface area (Å²) in [5.41, 5.74) is 1.31. The number of ether oxygens (including phenoxy) is 2. The molecule has 0 bridgehead atoms. The van der Waals surface area contributed by atoms with Crippen molar-refractivity contribution >= 4 is 37.5 Å². The molecule has 1 aliphatic rings. The summed E-state index contributed by atoms with van der Waals surface area (Å²) in [5.74, 6) is 0.654. The van der Waals surface area contributed by atoms with Gasteiger partial charge in [-0.25, -0.2) is 8.42 Å². The van der Waals surface area contributed by atoms with Gasteiger partial charge in [0.2, 0.25) is 15.9 Å². The van der Waals surface area contributed by atoms with Crippen LogP contribution in [0.2, 0.25) is 0 Å². The lowest BCUT2D eigenvalue weighted by Crippen LogP contribution is -2.45. The number of anilines is 1. The van der Waals surface area contributed by atoms with Gasteiger partial charge in [-0.05, 0) is 48.4 Å². The molecule has 0 fully saturated rings. The Labute approximate surface area is 194 Å². The predicted molar refractivity (Wildman–Crippen MR) is 124 cm³/mol. The lowest BCUT2D eigenvalue weighted by Gasteiger charge is -2.21. The van der Waals surface area contributed by atoms with E-state index in [4.69, 9.17) is 9.47 Å². The standard InChI is InChI=1S/C23H21BrN2O5S/c24-17-6-9-19(10-7-17)32(28,29)26-20(14-16-4-2-1-3-5-16)23(27)25-18-8-11-21-22(15-18)31-13-12-30-21/h1-11,15,20,26H,12-14H2,(H,25,27)/t20-/m1/s1. The molecule has 4 rings (SSSR count). The number of carbonyl (C=O) groups is 1. The molecule has 1 amide bonds. The molecule has 9 heteroatoms. The fourth-order valence-corrected chi connectivity index (χ4v) is 4.72. The highest BCUT2D eigenvalue weighted by Crippen LogP contribution is 2.32. The first-order chi connectivity index (χ1) is 15.4. The van der Waals surface area contributed by atoms with E-state index < -0.39 is 22.0 Å². The van der Waals surface area contributed by atoms with Crippen molar-refractivity contribution in [3.8, 4) is 11.5 Å². The van der Waals surface area contributed by atoms with Crippen LogP contribution in [-0.4, -0.2) is 33.6 Å². The predicted octanol–water partition coefficient (Wildman–Crippen LogP) is 3.75. The minimum Gasteiger partial charge on any atom is -0.486 e. The van der Waals surface area contributed by atoms with Crippen LogP contribution in [-0.2, 0) is 21.2 Å². The van der Waals surface area contributed by atoms with Crippen LogP contribution in [0.5, 0.6) is 11.5 Å². The highest BCUT2D eigenvalue weighted by Gasteiger charge is 2.26. The summed E-state index contributed by atoms with van der Waals surface area (Å²) >= 11 is 3.30. The van der Waals surface area contributed by atoms with Crippen LogP contribution < -0.4 is 19.5 Å². The van der Waals surface area contributed by atoms with Gasteiger partial charge in [-0.2, -0.15) is 4.72 Å². The van der Waals surface area contributed by atoms with Crippen LogP contribution in [0.25, 0.3) is 0 Å². The molecule has 166 valence electrons. The summed E-state index contributed by atoms with van der Waals surface area (Å²) in [6, 6.07) is 19.5. The summed E-state index contributed by atoms with van der Waals surface area (Å²) < 4.78 is 40.3. The molecule has 3 aromatic carbocycles. The molecule has 1 heterocycles. The number of fused-ring (bicyclic) bond motifs is 1. The lowest BCUT2D eigenvalue weighted by atomic mass is 10.1. The number of hydrogen-bond acceptors (Lipinski definition) is 5. The maximum atomic E-state index is 13.1. The van der Waals surface area contributed by atoms with E-state index in [9.17, 15) is 13.2 Å². The lowest BCUT2D eigenvalue weighted by molar-refractivity contribution is -0.117. The Morgan fingerprint density at radius 2 is 1.62 bits per heavy atom. The van der Waals surface area contributed by atoms with E-state index in [2.05, 4.69) is 26.0 Å². The van der Waals surface area contributed by atoms with Gasteiger partial charge >= 0.3 is 0 Å². The molecule has 0 saturated carbocycles. The zero-order chi connectivity index (χ0) is 22.6. The minimum atomic E-state index is -3.92. The van der Waals surface area contributed by atoms with Crippen molar-refractivity contribution in [3.63, 3.8) is 0 Å². The summed E-state index contributed by atoms with van der Waals surface area (Å²) in [7, 11) is -3.92. The maximum Gasteiger partial charge on any atom is 0.242 e. The van der Waals surface area contributed by atoms with Crippen LogP contribution in [0.15, 0.2) is 82.2 Å². The van der Waals surface area contributed by atoms with E-state index in [1.54, 1.807) is 30.3 Å². The van der Waals surface area contributed by atoms with Crippen LogP contribution >= 0.6 is 15.9 Å². The normalized spacial score (nSPS) is 13.9. The third kappa shape index (κ3) is 5.48. The number of sulfonamides is 1. The third-order valence-electron chi connectivity index (χ3n) is 4.83. The van der Waals surface area contributed by atoms with Crippen molar-refractivity contribution in [2.24, 2.45) is 0 Å². The van der Waals surface area contributed by atoms with Gasteiger partial charge in [0, 0.05) is 16.2 Å². The highest BCUT2D eigenvalue weighted by molar-refractivity contribution is 9.10. The van der Waals surface area contributed by atoms with E-state index in [0.717, 1.165) is 10.0 Å². The summed E-state index contributed by atoms with van der Waals surface area (Å²) in [4.78, 5) is 13.2. The Morgan fingerprint density at radius 3 is 2.34 bits per heavy atom. The third-order valence-corrected chi connectivity index (χ3v) is 6.85. The van der Waals surface area contributed by atoms with Gasteiger partial charge in [0.1, 0.15) is 19.3 Å². The molecule has 32 heavy (non-hydrogen) atoms. The van der Waals surface area contributed by atoms with E-state index >= 15 is 0 Å². The number of nitrogens with one attached hydrogen (secondary N) is 2. The Hall–Kier alpha value is -2.88. The zero-order valence-electron chi connectivity index (χ0n) is 17.0. The fraction of sp³-hybridized carbons (Fsp3) is 0.174. The van der Waals surface area contributed by atoms with Crippen molar-refractivity contribution in [1.82, 2.24) is 4.72 Å². The largest absolute Gasteiger partial charge is 0.486 e. The first kappa shape index (κ1) is 22.3. The quantitative estimate of drug-likeness (QED) is 0.498. The first-order valence-corrected chi connectivity index (χ1v) is 12.2. The van der Waals surface area contributed by atoms with Crippen LogP contribution in [0.1, 0.15) is 5.56 Å². The van der Waals surface area contributed by atoms with Gasteiger partial charge in [0.15, 0.2) is 11.5 Å². The van der Waals surface area contributed by atoms with E-state index in [1.165, 1.54) is 12.1 Å². The number of halogens is 1. The minimum absolute atomic E-state index is 0.0749. The van der Waals surface area contributed by atoms with E-state index in [1.807, 2.05) is 30.3 Å². The SMILES string of the molecule is O=C(Nc1ccc2c(c1)OCCO2)[C@@H](Cc1ccccc1)NS(=O)(=O)c1ccc(Br)cc1. The van der Waals surface area contributed by atoms with Gasteiger partial charge in [0.25, 0.3) is 0 Å². The molecule has 1 atom stereocenters. The second-order valence-electron chi connectivity index (χ2n) is 7.17. The maximum absolute atomic E-state index is 13.1. The zero-order valence-corrected chi connectivity index (χ0v) is 19.4. The number of amides is 1. The molecule has 0 aliphatic carbocycles. The van der Waals surface area contributed by atoms with E-state index in [0.29, 0.717) is 30.4 Å². The molecule has 7 nitrogen and oxygen atoms in total. The highest BCUT2D eigenvalue weighted by atomic mass is 79.9. The number of benzene rings is 3. The molecular weight excluding hydrogens is 496 g/mol. The Morgan fingerprint density at radius 1 is 0.938 bits per heavy atom. The first-order valence-electron chi connectivity index (χ1n) is 9.93. The van der Waals surface area contributed by atoms with Gasteiger partial charge in [-0.15, -0.1) is 0 Å². The van der Waals surface area contributed by atoms with Crippen LogP contribution in [0.4, 0.5) is 5.69 Å². The molecule has 2 N–H and O–H groups in total. The molecule has 0 saturated heterocycles. The molecule has 1 aliphatic heterocycles. The van der Waals surface area contributed by atoms with Gasteiger partial charge in [-0.1, -0.05) is 46.3 Å². The van der Waals surface area contributed by atoms with Gasteiger partial charge in [-0.3, -0.25) is 4.79 Å². The smallest absolute Gasteiger partial charge is 0.242 e. The van der Waals surface area contributed by atoms with Gasteiger partial charge in [0.05, 0.1) is 4.90 Å². The Balaban J connectivity index is 1.57. The monoisotopic (exact) mass is 516 g/mol. The molecule has 3 aromatic rings. The summed E-state index contributed by atoms with van der Waals surface area (Å²) in [5, 5.41) is 2.79. The summed E-state index contributed by atoms with van der Waals surface area (Å²) in [6.07, 6.45) is 0.187. The second-order valence-corrected chi connectivity index (χ2v) is 9.79. The van der Waals surface area contributed by atoms with Crippen molar-refractivity contribution in [2.75, 3.05) is 18.5 Å². The van der Waals surface area contributed by atoms with Gasteiger partial charge < -0.3 is 14.8 Å². The molecule has 0 radical (unpaired) electrons. The molecule has 0 spiro atoms. The topological polar surface area (TPSA) is 93.7 Å². The number of rotatable bonds is 7. The second kappa shape index (κ2) is 9.72. The Bertz CT molecular complexity index is 1200. The average Bonchev–Trinajstić information content (AvgIpc) is 2.79. The number of hydrogen-bond donors (Lipinski definition) is 2. The fourth-order valence-electron chi connectivity index (χ4n) is 3.26. The average molecular weight is 517 g/mol. The molecular formula is C23H21BrN2O5S. The molecule has 0 aromatic heterocycles. The Kier molecular flexibility index (Phi) is 6.78. The van der Waals surface area contributed by atoms with Crippen molar-refractivity contribution in [2.45, 2.75) is 17.4 Å². The molecule has 0 unspecified atom stereocenters. The van der Waals surface area contributed by atoms with Crippen molar-refractivity contribution in [3.05, 3.63) is 82.8 Å². The summed E-state index contributed by atoms with van der Waals surface area (Å²) in [6.45, 7) is 0.893.